The van der Waals surface area contributed by atoms with Crippen molar-refractivity contribution in [3.8, 4) is 5.75 Å². The van der Waals surface area contributed by atoms with Gasteiger partial charge in [-0.2, -0.15) is 0 Å². The monoisotopic (exact) mass is 240 g/mol. The maximum Gasteiger partial charge on any atom is 0.310 e. The zero-order valence-electron chi connectivity index (χ0n) is 8.73. The van der Waals surface area contributed by atoms with Crippen LogP contribution in [-0.4, -0.2) is 17.2 Å². The van der Waals surface area contributed by atoms with Gasteiger partial charge < -0.3 is 9.84 Å². The smallest absolute Gasteiger partial charge is 0.310 e. The third-order valence-corrected chi connectivity index (χ3v) is 3.12. The van der Waals surface area contributed by atoms with E-state index in [1.165, 1.54) is 0 Å². The molecule has 1 saturated carbocycles. The van der Waals surface area contributed by atoms with Gasteiger partial charge in [0, 0.05) is 5.02 Å². The fourth-order valence-electron chi connectivity index (χ4n) is 2.04. The highest BCUT2D eigenvalue weighted by Gasteiger charge is 2.34. The molecule has 0 saturated heterocycles. The minimum atomic E-state index is -0.767. The lowest BCUT2D eigenvalue weighted by Gasteiger charge is -2.18. The second kappa shape index (κ2) is 4.74. The van der Waals surface area contributed by atoms with Crippen LogP contribution in [0.2, 0.25) is 5.02 Å². The average Bonchev–Trinajstić information content (AvgIpc) is 2.69. The Bertz CT molecular complexity index is 374. The van der Waals surface area contributed by atoms with Gasteiger partial charge in [-0.05, 0) is 43.5 Å². The summed E-state index contributed by atoms with van der Waals surface area (Å²) in [5.74, 6) is -0.463. The quantitative estimate of drug-likeness (QED) is 0.884. The minimum Gasteiger partial charge on any atom is -0.490 e. The molecule has 1 aliphatic rings. The average molecular weight is 241 g/mol. The molecule has 1 aromatic rings. The summed E-state index contributed by atoms with van der Waals surface area (Å²) in [6.45, 7) is 0. The van der Waals surface area contributed by atoms with Crippen LogP contribution in [0.15, 0.2) is 24.3 Å². The Morgan fingerprint density at radius 3 is 2.62 bits per heavy atom. The predicted octanol–water partition coefficient (Wildman–Crippen LogP) is 2.97. The molecule has 0 radical (unpaired) electrons. The van der Waals surface area contributed by atoms with Gasteiger partial charge in [-0.1, -0.05) is 11.6 Å². The van der Waals surface area contributed by atoms with Crippen LogP contribution in [0.3, 0.4) is 0 Å². The van der Waals surface area contributed by atoms with E-state index in [1.807, 2.05) is 0 Å². The van der Waals surface area contributed by atoms with Gasteiger partial charge in [-0.25, -0.2) is 0 Å². The van der Waals surface area contributed by atoms with Gasteiger partial charge in [0.1, 0.15) is 11.9 Å². The van der Waals surface area contributed by atoms with E-state index < -0.39 is 5.97 Å². The molecule has 3 nitrogen and oxygen atoms in total. The van der Waals surface area contributed by atoms with Crippen LogP contribution >= 0.6 is 11.6 Å². The highest BCUT2D eigenvalue weighted by Crippen LogP contribution is 2.30. The van der Waals surface area contributed by atoms with Crippen molar-refractivity contribution < 1.29 is 14.6 Å². The van der Waals surface area contributed by atoms with Crippen molar-refractivity contribution in [2.24, 2.45) is 5.92 Å². The lowest BCUT2D eigenvalue weighted by Crippen LogP contribution is -2.27. The standard InChI is InChI=1S/C12H13ClO3/c13-8-4-6-9(7-5-8)16-11-3-1-2-10(11)12(14)15/h4-7,10-11H,1-3H2,(H,14,15). The Hall–Kier alpha value is -1.22. The van der Waals surface area contributed by atoms with Crippen LogP contribution < -0.4 is 4.74 Å². The van der Waals surface area contributed by atoms with Crippen LogP contribution in [0.4, 0.5) is 0 Å². The van der Waals surface area contributed by atoms with E-state index in [0.717, 1.165) is 12.8 Å². The number of hydrogen-bond donors (Lipinski definition) is 1. The molecule has 2 atom stereocenters. The second-order valence-electron chi connectivity index (χ2n) is 3.99. The highest BCUT2D eigenvalue weighted by atomic mass is 35.5. The third kappa shape index (κ3) is 2.47. The Kier molecular flexibility index (Phi) is 3.34. The minimum absolute atomic E-state index is 0.210. The van der Waals surface area contributed by atoms with E-state index >= 15 is 0 Å². The van der Waals surface area contributed by atoms with E-state index in [-0.39, 0.29) is 12.0 Å². The van der Waals surface area contributed by atoms with Crippen LogP contribution in [0.25, 0.3) is 0 Å². The van der Waals surface area contributed by atoms with Crippen molar-refractivity contribution >= 4 is 17.6 Å². The molecule has 4 heteroatoms. The lowest BCUT2D eigenvalue weighted by molar-refractivity contribution is -0.143. The van der Waals surface area contributed by atoms with Crippen molar-refractivity contribution in [3.05, 3.63) is 29.3 Å². The Balaban J connectivity index is 2.03. The van der Waals surface area contributed by atoms with Crippen molar-refractivity contribution in [3.63, 3.8) is 0 Å². The van der Waals surface area contributed by atoms with Crippen molar-refractivity contribution in [1.82, 2.24) is 0 Å². The van der Waals surface area contributed by atoms with Gasteiger partial charge in [0.15, 0.2) is 0 Å². The summed E-state index contributed by atoms with van der Waals surface area (Å²) in [5, 5.41) is 9.65. The molecule has 1 fully saturated rings. The topological polar surface area (TPSA) is 46.5 Å². The number of carboxylic acid groups (broad SMARTS) is 1. The van der Waals surface area contributed by atoms with E-state index in [2.05, 4.69) is 0 Å². The van der Waals surface area contributed by atoms with Gasteiger partial charge >= 0.3 is 5.97 Å². The van der Waals surface area contributed by atoms with Crippen molar-refractivity contribution in [2.75, 3.05) is 0 Å². The van der Waals surface area contributed by atoms with Gasteiger partial charge in [-0.15, -0.1) is 0 Å². The molecular weight excluding hydrogens is 228 g/mol. The lowest BCUT2D eigenvalue weighted by atomic mass is 10.1. The van der Waals surface area contributed by atoms with Gasteiger partial charge in [0.2, 0.25) is 0 Å². The zero-order valence-corrected chi connectivity index (χ0v) is 9.48. The summed E-state index contributed by atoms with van der Waals surface area (Å²) in [5.41, 5.74) is 0. The fraction of sp³-hybridized carbons (Fsp3) is 0.417. The van der Waals surface area contributed by atoms with Crippen LogP contribution in [-0.2, 0) is 4.79 Å². The first-order valence-electron chi connectivity index (χ1n) is 5.32. The Morgan fingerprint density at radius 2 is 2.00 bits per heavy atom. The Morgan fingerprint density at radius 1 is 1.31 bits per heavy atom. The van der Waals surface area contributed by atoms with Gasteiger partial charge in [0.25, 0.3) is 0 Å². The molecule has 0 aliphatic heterocycles. The number of carboxylic acids is 1. The SMILES string of the molecule is O=C(O)C1CCCC1Oc1ccc(Cl)cc1. The molecule has 0 bridgehead atoms. The molecule has 1 aromatic carbocycles. The molecule has 0 heterocycles. The van der Waals surface area contributed by atoms with Gasteiger partial charge in [-0.3, -0.25) is 4.79 Å². The zero-order chi connectivity index (χ0) is 11.5. The predicted molar refractivity (Wildman–Crippen MR) is 60.8 cm³/mol. The number of ether oxygens (including phenoxy) is 1. The molecule has 16 heavy (non-hydrogen) atoms. The van der Waals surface area contributed by atoms with Gasteiger partial charge in [0.05, 0.1) is 5.92 Å². The fourth-order valence-corrected chi connectivity index (χ4v) is 2.16. The van der Waals surface area contributed by atoms with E-state index in [0.29, 0.717) is 17.2 Å². The molecule has 1 aliphatic carbocycles. The summed E-state index contributed by atoms with van der Waals surface area (Å²) in [4.78, 5) is 11.0. The molecule has 86 valence electrons. The number of rotatable bonds is 3. The van der Waals surface area contributed by atoms with E-state index in [4.69, 9.17) is 21.4 Å². The first kappa shape index (κ1) is 11.3. The summed E-state index contributed by atoms with van der Waals surface area (Å²) < 4.78 is 5.66. The van der Waals surface area contributed by atoms with Crippen LogP contribution in [0.1, 0.15) is 19.3 Å². The largest absolute Gasteiger partial charge is 0.490 e. The van der Waals surface area contributed by atoms with Crippen molar-refractivity contribution in [1.29, 1.82) is 0 Å². The van der Waals surface area contributed by atoms with Crippen LogP contribution in [0.5, 0.6) is 5.75 Å². The molecule has 0 spiro atoms. The van der Waals surface area contributed by atoms with E-state index in [1.54, 1.807) is 24.3 Å². The number of hydrogen-bond acceptors (Lipinski definition) is 2. The molecular formula is C12H13ClO3. The van der Waals surface area contributed by atoms with Crippen LogP contribution in [0, 0.1) is 5.92 Å². The summed E-state index contributed by atoms with van der Waals surface area (Å²) in [6, 6.07) is 7.00. The highest BCUT2D eigenvalue weighted by molar-refractivity contribution is 6.30. The molecule has 0 aromatic heterocycles. The normalized spacial score (nSPS) is 24.3. The number of carbonyl (C=O) groups is 1. The number of aliphatic carboxylic acids is 1. The molecule has 2 rings (SSSR count). The number of benzene rings is 1. The molecule has 1 N–H and O–H groups in total. The van der Waals surface area contributed by atoms with E-state index in [9.17, 15) is 4.79 Å². The van der Waals surface area contributed by atoms with Crippen molar-refractivity contribution in [2.45, 2.75) is 25.4 Å². The maximum atomic E-state index is 11.0. The second-order valence-corrected chi connectivity index (χ2v) is 4.42. The summed E-state index contributed by atoms with van der Waals surface area (Å²) in [7, 11) is 0. The molecule has 2 unspecified atom stereocenters. The summed E-state index contributed by atoms with van der Waals surface area (Å²) in [6.07, 6.45) is 2.21. The summed E-state index contributed by atoms with van der Waals surface area (Å²) >= 11 is 5.76. The number of halogens is 1. The Labute approximate surface area is 99.0 Å². The first-order valence-corrected chi connectivity index (χ1v) is 5.69. The molecule has 0 amide bonds. The maximum absolute atomic E-state index is 11.0. The first-order chi connectivity index (χ1) is 7.66. The third-order valence-electron chi connectivity index (χ3n) is 2.87.